The van der Waals surface area contributed by atoms with Gasteiger partial charge in [-0.1, -0.05) is 26.0 Å². The number of nitrogens with one attached hydrogen (secondary N) is 1. The number of hydrogen-bond donors (Lipinski definition) is 1. The normalized spacial score (nSPS) is 36.6. The molecule has 1 saturated heterocycles. The first kappa shape index (κ1) is 12.1. The summed E-state index contributed by atoms with van der Waals surface area (Å²) in [6, 6.07) is 9.08. The number of para-hydroxylation sites is 2. The number of H-pyrrole nitrogens is 1. The molecule has 3 heteroatoms. The number of fused-ring (bicyclic) bond motifs is 2. The van der Waals surface area contributed by atoms with E-state index < -0.39 is 0 Å². The van der Waals surface area contributed by atoms with E-state index in [9.17, 15) is 0 Å². The van der Waals surface area contributed by atoms with Crippen molar-refractivity contribution in [2.45, 2.75) is 45.6 Å². The highest BCUT2D eigenvalue weighted by Crippen LogP contribution is 2.70. The monoisotopic (exact) mass is 281 g/mol. The zero-order chi connectivity index (χ0) is 14.2. The summed E-state index contributed by atoms with van der Waals surface area (Å²) in [5.74, 6) is 2.01. The van der Waals surface area contributed by atoms with Crippen molar-refractivity contribution in [3.05, 3.63) is 24.3 Å². The second kappa shape index (κ2) is 3.63. The highest BCUT2D eigenvalue weighted by Gasteiger charge is 2.67. The molecule has 2 bridgehead atoms. The Kier molecular flexibility index (Phi) is 2.09. The Bertz CT molecular complexity index is 683. The van der Waals surface area contributed by atoms with E-state index in [4.69, 9.17) is 4.98 Å². The molecule has 3 unspecified atom stereocenters. The lowest BCUT2D eigenvalue weighted by Gasteiger charge is -2.39. The van der Waals surface area contributed by atoms with Crippen LogP contribution in [0.2, 0.25) is 0 Å². The van der Waals surface area contributed by atoms with E-state index >= 15 is 0 Å². The molecule has 3 atom stereocenters. The molecule has 2 aromatic rings. The van der Waals surface area contributed by atoms with Crippen LogP contribution in [-0.4, -0.2) is 22.6 Å². The first-order chi connectivity index (χ1) is 10.1. The maximum absolute atomic E-state index is 4.85. The van der Waals surface area contributed by atoms with Crippen LogP contribution in [0, 0.1) is 16.7 Å². The van der Waals surface area contributed by atoms with Crippen LogP contribution in [0.5, 0.6) is 0 Å². The molecule has 1 N–H and O–H groups in total. The molecule has 3 fully saturated rings. The molecule has 3 aliphatic rings. The fourth-order valence-corrected chi connectivity index (χ4v) is 5.87. The number of benzene rings is 1. The van der Waals surface area contributed by atoms with Crippen LogP contribution >= 0.6 is 0 Å². The summed E-state index contributed by atoms with van der Waals surface area (Å²) in [5.41, 5.74) is 3.31. The summed E-state index contributed by atoms with van der Waals surface area (Å²) in [5, 5.41) is 0. The molecule has 1 aliphatic heterocycles. The zero-order valence-electron chi connectivity index (χ0n) is 12.9. The molecular weight excluding hydrogens is 258 g/mol. The molecule has 0 amide bonds. The third-order valence-electron chi connectivity index (χ3n) is 7.21. The first-order valence-electron chi connectivity index (χ1n) is 8.33. The Morgan fingerprint density at radius 1 is 1.24 bits per heavy atom. The van der Waals surface area contributed by atoms with Gasteiger partial charge in [0.2, 0.25) is 5.95 Å². The fourth-order valence-electron chi connectivity index (χ4n) is 5.87. The Hall–Kier alpha value is -1.51. The summed E-state index contributed by atoms with van der Waals surface area (Å²) in [7, 11) is 0. The van der Waals surface area contributed by atoms with E-state index in [0.29, 0.717) is 16.9 Å². The average Bonchev–Trinajstić information content (AvgIpc) is 3.17. The molecule has 1 spiro atoms. The number of nitrogens with zero attached hydrogens (tertiary/aromatic N) is 2. The summed E-state index contributed by atoms with van der Waals surface area (Å²) in [6.07, 6.45) is 5.58. The lowest BCUT2D eigenvalue weighted by molar-refractivity contribution is 0.130. The van der Waals surface area contributed by atoms with Crippen molar-refractivity contribution in [2.24, 2.45) is 16.7 Å². The van der Waals surface area contributed by atoms with E-state index in [1.165, 1.54) is 32.2 Å². The predicted molar refractivity (Wildman–Crippen MR) is 85.4 cm³/mol. The van der Waals surface area contributed by atoms with E-state index in [2.05, 4.69) is 48.0 Å². The highest BCUT2D eigenvalue weighted by molar-refractivity contribution is 5.77. The molecule has 2 aliphatic carbocycles. The van der Waals surface area contributed by atoms with Crippen molar-refractivity contribution < 1.29 is 0 Å². The van der Waals surface area contributed by atoms with Crippen molar-refractivity contribution in [1.29, 1.82) is 0 Å². The molecule has 0 radical (unpaired) electrons. The van der Waals surface area contributed by atoms with Gasteiger partial charge in [-0.25, -0.2) is 4.98 Å². The average molecular weight is 281 g/mol. The van der Waals surface area contributed by atoms with E-state index in [-0.39, 0.29) is 0 Å². The second-order valence-corrected chi connectivity index (χ2v) is 7.89. The van der Waals surface area contributed by atoms with Gasteiger partial charge >= 0.3 is 0 Å². The minimum absolute atomic E-state index is 0.512. The number of aromatic nitrogens is 2. The van der Waals surface area contributed by atoms with Crippen LogP contribution in [0.15, 0.2) is 24.3 Å². The third-order valence-corrected chi connectivity index (χ3v) is 7.21. The molecule has 2 heterocycles. The molecular formula is C18H23N3. The van der Waals surface area contributed by atoms with E-state index in [1.54, 1.807) is 0 Å². The van der Waals surface area contributed by atoms with Crippen LogP contribution in [0.4, 0.5) is 5.95 Å². The zero-order valence-corrected chi connectivity index (χ0v) is 12.9. The predicted octanol–water partition coefficient (Wildman–Crippen LogP) is 3.97. The Morgan fingerprint density at radius 3 is 2.90 bits per heavy atom. The molecule has 110 valence electrons. The largest absolute Gasteiger partial charge is 0.339 e. The standard InChI is InChI=1S/C18H23N3/c1-17(2)12-7-8-18(17)9-10-21(15(18)11-12)16-19-13-5-3-4-6-14(13)20-16/h3-6,12,15H,7-11H2,1-2H3,(H,19,20). The topological polar surface area (TPSA) is 31.9 Å². The number of hydrogen-bond acceptors (Lipinski definition) is 2. The Labute approximate surface area is 125 Å². The summed E-state index contributed by atoms with van der Waals surface area (Å²) < 4.78 is 0. The van der Waals surface area contributed by atoms with Crippen LogP contribution < -0.4 is 4.90 Å². The van der Waals surface area contributed by atoms with Crippen LogP contribution in [-0.2, 0) is 0 Å². The quantitative estimate of drug-likeness (QED) is 0.857. The molecule has 21 heavy (non-hydrogen) atoms. The van der Waals surface area contributed by atoms with Gasteiger partial charge in [0.15, 0.2) is 0 Å². The van der Waals surface area contributed by atoms with Crippen LogP contribution in [0.25, 0.3) is 11.0 Å². The maximum atomic E-state index is 4.85. The van der Waals surface area contributed by atoms with Gasteiger partial charge in [-0.15, -0.1) is 0 Å². The van der Waals surface area contributed by atoms with Crippen molar-refractivity contribution in [1.82, 2.24) is 9.97 Å². The summed E-state index contributed by atoms with van der Waals surface area (Å²) in [4.78, 5) is 11.0. The molecule has 1 aromatic heterocycles. The van der Waals surface area contributed by atoms with Gasteiger partial charge in [-0.05, 0) is 54.6 Å². The van der Waals surface area contributed by atoms with Crippen LogP contribution in [0.3, 0.4) is 0 Å². The number of rotatable bonds is 1. The SMILES string of the molecule is CC1(C)C2CCC13CCN(c1nc4ccccc4[nH]1)C3C2. The van der Waals surface area contributed by atoms with Crippen molar-refractivity contribution in [3.8, 4) is 0 Å². The molecule has 5 rings (SSSR count). The van der Waals surface area contributed by atoms with E-state index in [1.807, 2.05) is 0 Å². The first-order valence-corrected chi connectivity index (χ1v) is 8.33. The second-order valence-electron chi connectivity index (χ2n) is 7.89. The van der Waals surface area contributed by atoms with Gasteiger partial charge in [0.25, 0.3) is 0 Å². The fraction of sp³-hybridized carbons (Fsp3) is 0.611. The van der Waals surface area contributed by atoms with Crippen molar-refractivity contribution in [2.75, 3.05) is 11.4 Å². The molecule has 2 saturated carbocycles. The third kappa shape index (κ3) is 1.29. The highest BCUT2D eigenvalue weighted by atomic mass is 15.3. The van der Waals surface area contributed by atoms with E-state index in [0.717, 1.165) is 22.9 Å². The number of anilines is 1. The lowest BCUT2D eigenvalue weighted by atomic mass is 9.67. The number of aromatic amines is 1. The minimum atomic E-state index is 0.512. The number of imidazole rings is 1. The molecule has 1 aromatic carbocycles. The Morgan fingerprint density at radius 2 is 2.10 bits per heavy atom. The van der Waals surface area contributed by atoms with Gasteiger partial charge in [-0.2, -0.15) is 0 Å². The van der Waals surface area contributed by atoms with Crippen LogP contribution in [0.1, 0.15) is 39.5 Å². The maximum Gasteiger partial charge on any atom is 0.204 e. The minimum Gasteiger partial charge on any atom is -0.339 e. The smallest absolute Gasteiger partial charge is 0.204 e. The lowest BCUT2D eigenvalue weighted by Crippen LogP contribution is -2.40. The molecule has 3 nitrogen and oxygen atoms in total. The van der Waals surface area contributed by atoms with Crippen molar-refractivity contribution in [3.63, 3.8) is 0 Å². The van der Waals surface area contributed by atoms with Gasteiger partial charge in [0.1, 0.15) is 0 Å². The van der Waals surface area contributed by atoms with Gasteiger partial charge < -0.3 is 9.88 Å². The van der Waals surface area contributed by atoms with Gasteiger partial charge in [0, 0.05) is 12.6 Å². The van der Waals surface area contributed by atoms with Gasteiger partial charge in [-0.3, -0.25) is 0 Å². The van der Waals surface area contributed by atoms with Gasteiger partial charge in [0.05, 0.1) is 11.0 Å². The summed E-state index contributed by atoms with van der Waals surface area (Å²) in [6.45, 7) is 6.21. The summed E-state index contributed by atoms with van der Waals surface area (Å²) >= 11 is 0. The Balaban J connectivity index is 1.58. The van der Waals surface area contributed by atoms with Crippen molar-refractivity contribution >= 4 is 17.0 Å².